The first kappa shape index (κ1) is 15.2. The number of halogens is 1. The molecule has 0 N–H and O–H groups in total. The molecule has 1 aromatic carbocycles. The summed E-state index contributed by atoms with van der Waals surface area (Å²) in [5.41, 5.74) is 2.42. The average molecular weight is 301 g/mol. The van der Waals surface area contributed by atoms with E-state index in [1.54, 1.807) is 24.4 Å². The van der Waals surface area contributed by atoms with Gasteiger partial charge in [-0.25, -0.2) is 4.98 Å². The molecule has 21 heavy (non-hydrogen) atoms. The normalized spacial score (nSPS) is 11.4. The Morgan fingerprint density at radius 2 is 1.90 bits per heavy atom. The van der Waals surface area contributed by atoms with E-state index >= 15 is 0 Å². The lowest BCUT2D eigenvalue weighted by molar-refractivity contribution is 1.12. The van der Waals surface area contributed by atoms with Crippen LogP contribution in [0.3, 0.4) is 0 Å². The zero-order valence-electron chi connectivity index (χ0n) is 12.1. The Bertz CT molecular complexity index is 633. The summed E-state index contributed by atoms with van der Waals surface area (Å²) in [5.74, 6) is 0.502. The predicted octanol–water partition coefficient (Wildman–Crippen LogP) is 4.64. The van der Waals surface area contributed by atoms with Gasteiger partial charge >= 0.3 is 0 Å². The third kappa shape index (κ3) is 5.00. The molecule has 108 valence electrons. The van der Waals surface area contributed by atoms with Crippen molar-refractivity contribution in [3.63, 3.8) is 0 Å². The number of pyridine rings is 1. The van der Waals surface area contributed by atoms with Gasteiger partial charge in [0.1, 0.15) is 5.15 Å². The molecule has 1 heterocycles. The van der Waals surface area contributed by atoms with Crippen LogP contribution in [0, 0.1) is 0 Å². The third-order valence-electron chi connectivity index (χ3n) is 2.84. The van der Waals surface area contributed by atoms with Crippen molar-refractivity contribution in [3.05, 3.63) is 65.5 Å². The van der Waals surface area contributed by atoms with E-state index in [-0.39, 0.29) is 0 Å². The van der Waals surface area contributed by atoms with Gasteiger partial charge in [0.25, 0.3) is 0 Å². The van der Waals surface area contributed by atoms with Crippen molar-refractivity contribution < 1.29 is 0 Å². The first-order valence-corrected chi connectivity index (χ1v) is 6.97. The highest BCUT2D eigenvalue weighted by atomic mass is 35.5. The van der Waals surface area contributed by atoms with E-state index in [1.165, 1.54) is 11.3 Å². The number of allylic oxidation sites excluding steroid dienone is 1. The molecule has 0 unspecified atom stereocenters. The Hall–Kier alpha value is -2.20. The summed E-state index contributed by atoms with van der Waals surface area (Å²) in [4.78, 5) is 6.10. The molecule has 1 aromatic heterocycles. The van der Waals surface area contributed by atoms with E-state index in [2.05, 4.69) is 44.4 Å². The Kier molecular flexibility index (Phi) is 5.46. The van der Waals surface area contributed by atoms with Crippen LogP contribution in [-0.4, -0.2) is 19.1 Å². The fraction of sp³-hybridized carbons (Fsp3) is 0.188. The van der Waals surface area contributed by atoms with Crippen LogP contribution >= 0.6 is 11.6 Å². The highest BCUT2D eigenvalue weighted by Crippen LogP contribution is 2.14. The van der Waals surface area contributed by atoms with E-state index in [0.29, 0.717) is 11.0 Å². The van der Waals surface area contributed by atoms with Crippen LogP contribution in [0.1, 0.15) is 5.56 Å². The minimum atomic E-state index is 0.413. The van der Waals surface area contributed by atoms with E-state index in [4.69, 9.17) is 11.6 Å². The molecule has 0 aliphatic rings. The molecular weight excluding hydrogens is 284 g/mol. The number of hydrogen-bond donors (Lipinski definition) is 0. The van der Waals surface area contributed by atoms with Crippen molar-refractivity contribution in [3.8, 4) is 0 Å². The monoisotopic (exact) mass is 300 g/mol. The molecule has 2 rings (SSSR count). The molecule has 0 saturated carbocycles. The third-order valence-corrected chi connectivity index (χ3v) is 3.05. The van der Waals surface area contributed by atoms with Gasteiger partial charge in [-0.2, -0.15) is 5.11 Å². The van der Waals surface area contributed by atoms with Crippen molar-refractivity contribution in [2.24, 2.45) is 10.2 Å². The van der Waals surface area contributed by atoms with Gasteiger partial charge in [0.15, 0.2) is 5.82 Å². The number of benzene rings is 1. The lowest BCUT2D eigenvalue weighted by atomic mass is 10.1. The zero-order valence-corrected chi connectivity index (χ0v) is 12.8. The Labute approximate surface area is 129 Å². The minimum absolute atomic E-state index is 0.413. The molecule has 0 radical (unpaired) electrons. The van der Waals surface area contributed by atoms with Crippen molar-refractivity contribution in [2.75, 3.05) is 19.0 Å². The number of azo groups is 1. The average Bonchev–Trinajstić information content (AvgIpc) is 2.47. The summed E-state index contributed by atoms with van der Waals surface area (Å²) < 4.78 is 0. The smallest absolute Gasteiger partial charge is 0.175 e. The summed E-state index contributed by atoms with van der Waals surface area (Å²) in [7, 11) is 4.05. The van der Waals surface area contributed by atoms with Gasteiger partial charge < -0.3 is 4.90 Å². The summed E-state index contributed by atoms with van der Waals surface area (Å²) in [6.45, 7) is 0. The fourth-order valence-corrected chi connectivity index (χ4v) is 1.87. The maximum atomic E-state index is 5.77. The number of rotatable bonds is 5. The van der Waals surface area contributed by atoms with E-state index in [9.17, 15) is 0 Å². The van der Waals surface area contributed by atoms with Crippen molar-refractivity contribution in [2.45, 2.75) is 6.42 Å². The number of nitrogens with zero attached hydrogens (tertiary/aromatic N) is 4. The van der Waals surface area contributed by atoms with Crippen LogP contribution in [0.25, 0.3) is 0 Å². The molecule has 0 saturated heterocycles. The molecule has 0 amide bonds. The maximum Gasteiger partial charge on any atom is 0.175 e. The first-order valence-electron chi connectivity index (χ1n) is 6.60. The van der Waals surface area contributed by atoms with Crippen molar-refractivity contribution >= 4 is 23.1 Å². The summed E-state index contributed by atoms with van der Waals surface area (Å²) in [6.07, 6.45) is 4.44. The molecule has 2 aromatic rings. The second kappa shape index (κ2) is 7.55. The molecule has 0 spiro atoms. The van der Waals surface area contributed by atoms with Gasteiger partial charge in [-0.05, 0) is 36.2 Å². The van der Waals surface area contributed by atoms with Gasteiger partial charge in [0.2, 0.25) is 0 Å². The summed E-state index contributed by atoms with van der Waals surface area (Å²) in [5, 5.41) is 8.34. The van der Waals surface area contributed by atoms with Crippen LogP contribution in [0.2, 0.25) is 5.15 Å². The van der Waals surface area contributed by atoms with E-state index < -0.39 is 0 Å². The SMILES string of the molecule is CN(C)c1ccc(CC=CN=Nc2cccc(Cl)n2)cc1. The van der Waals surface area contributed by atoms with Gasteiger partial charge in [-0.15, -0.1) is 5.11 Å². The minimum Gasteiger partial charge on any atom is -0.378 e. The van der Waals surface area contributed by atoms with Crippen LogP contribution in [-0.2, 0) is 6.42 Å². The fourth-order valence-electron chi connectivity index (χ4n) is 1.71. The van der Waals surface area contributed by atoms with Gasteiger partial charge in [-0.3, -0.25) is 0 Å². The molecule has 0 aliphatic carbocycles. The van der Waals surface area contributed by atoms with Crippen LogP contribution in [0.5, 0.6) is 0 Å². The lowest BCUT2D eigenvalue weighted by Gasteiger charge is -2.12. The summed E-state index contributed by atoms with van der Waals surface area (Å²) in [6, 6.07) is 13.7. The Morgan fingerprint density at radius 1 is 1.14 bits per heavy atom. The van der Waals surface area contributed by atoms with Gasteiger partial charge in [0.05, 0.1) is 0 Å². The predicted molar refractivity (Wildman–Crippen MR) is 87.4 cm³/mol. The molecule has 0 bridgehead atoms. The molecule has 5 heteroatoms. The number of hydrogen-bond acceptors (Lipinski definition) is 4. The zero-order chi connectivity index (χ0) is 15.1. The number of anilines is 1. The van der Waals surface area contributed by atoms with Crippen LogP contribution < -0.4 is 4.90 Å². The molecule has 0 aliphatic heterocycles. The van der Waals surface area contributed by atoms with E-state index in [0.717, 1.165) is 6.42 Å². The Morgan fingerprint density at radius 3 is 2.57 bits per heavy atom. The standard InChI is InChI=1S/C16H17ClN4/c1-21(2)14-10-8-13(9-11-14)5-4-12-18-20-16-7-3-6-15(17)19-16/h3-4,6-12H,5H2,1-2H3. The van der Waals surface area contributed by atoms with E-state index in [1.807, 2.05) is 20.2 Å². The van der Waals surface area contributed by atoms with Gasteiger partial charge in [-0.1, -0.05) is 35.9 Å². The molecule has 4 nitrogen and oxygen atoms in total. The van der Waals surface area contributed by atoms with Crippen molar-refractivity contribution in [1.29, 1.82) is 0 Å². The lowest BCUT2D eigenvalue weighted by Crippen LogP contribution is -2.08. The number of aromatic nitrogens is 1. The highest BCUT2D eigenvalue weighted by Gasteiger charge is 1.94. The van der Waals surface area contributed by atoms with Gasteiger partial charge in [0, 0.05) is 26.0 Å². The highest BCUT2D eigenvalue weighted by molar-refractivity contribution is 6.29. The second-order valence-electron chi connectivity index (χ2n) is 4.68. The second-order valence-corrected chi connectivity index (χ2v) is 5.07. The molecule has 0 fully saturated rings. The van der Waals surface area contributed by atoms with Crippen molar-refractivity contribution in [1.82, 2.24) is 4.98 Å². The van der Waals surface area contributed by atoms with Crippen LogP contribution in [0.4, 0.5) is 11.5 Å². The first-order chi connectivity index (χ1) is 10.1. The van der Waals surface area contributed by atoms with Crippen LogP contribution in [0.15, 0.2) is 65.0 Å². The molecular formula is C16H17ClN4. The quantitative estimate of drug-likeness (QED) is 0.596. The molecule has 0 atom stereocenters. The maximum absolute atomic E-state index is 5.77. The summed E-state index contributed by atoms with van der Waals surface area (Å²) >= 11 is 5.77. The topological polar surface area (TPSA) is 40.9 Å². The Balaban J connectivity index is 1.87. The largest absolute Gasteiger partial charge is 0.378 e.